The van der Waals surface area contributed by atoms with Gasteiger partial charge in [-0.15, -0.1) is 0 Å². The van der Waals surface area contributed by atoms with Crippen LogP contribution < -0.4 is 0 Å². The van der Waals surface area contributed by atoms with E-state index < -0.39 is 10.1 Å². The van der Waals surface area contributed by atoms with Crippen LogP contribution in [0.2, 0.25) is 0 Å². The Morgan fingerprint density at radius 1 is 1.55 bits per heavy atom. The predicted octanol–water partition coefficient (Wildman–Crippen LogP) is 1.17. The molecule has 4 nitrogen and oxygen atoms in total. The average Bonchev–Trinajstić information content (AvgIpc) is 1.80. The highest BCUT2D eigenvalue weighted by Gasteiger charge is 2.04. The van der Waals surface area contributed by atoms with E-state index in [1.165, 1.54) is 0 Å². The van der Waals surface area contributed by atoms with Gasteiger partial charge in [-0.2, -0.15) is 8.42 Å². The lowest BCUT2D eigenvalue weighted by atomic mass is 10.2. The van der Waals surface area contributed by atoms with Gasteiger partial charge in [0.15, 0.2) is 0 Å². The number of oxime groups is 1. The van der Waals surface area contributed by atoms with Crippen molar-refractivity contribution in [2.75, 3.05) is 6.26 Å². The fraction of sp³-hybridized carbons (Fsp3) is 0.800. The van der Waals surface area contributed by atoms with Gasteiger partial charge in [0.2, 0.25) is 0 Å². The molecule has 0 aliphatic rings. The number of nitrogens with zero attached hydrogens (tertiary/aromatic N) is 1. The summed E-state index contributed by atoms with van der Waals surface area (Å²) < 4.78 is 24.8. The second-order valence-corrected chi connectivity index (χ2v) is 4.29. The summed E-state index contributed by atoms with van der Waals surface area (Å²) in [4.78, 5) is 0. The van der Waals surface area contributed by atoms with Crippen LogP contribution in [0.3, 0.4) is 0 Å². The standard InChI is InChI=1S/C5H10ClNO3S/c1-4(2)5(6)7-10-11(3,8)9/h4H,1-3H3/b7-5-. The molecule has 0 aromatic carbocycles. The maximum atomic E-state index is 10.4. The van der Waals surface area contributed by atoms with Crippen molar-refractivity contribution in [3.05, 3.63) is 0 Å². The SMILES string of the molecule is CC(C)/C(Cl)=N/OS(C)(=O)=O. The number of hydrogen-bond donors (Lipinski definition) is 0. The summed E-state index contributed by atoms with van der Waals surface area (Å²) >= 11 is 5.48. The molecule has 0 atom stereocenters. The van der Waals surface area contributed by atoms with E-state index in [9.17, 15) is 8.42 Å². The first-order chi connectivity index (χ1) is 4.83. The topological polar surface area (TPSA) is 55.7 Å². The third-order valence-electron chi connectivity index (χ3n) is 0.736. The molecule has 0 N–H and O–H groups in total. The number of halogens is 1. The van der Waals surface area contributed by atoms with E-state index in [0.29, 0.717) is 0 Å². The van der Waals surface area contributed by atoms with Gasteiger partial charge in [-0.05, 0) is 0 Å². The summed E-state index contributed by atoms with van der Waals surface area (Å²) in [5.74, 6) is -0.0292. The Bertz CT molecular complexity index is 244. The Kier molecular flexibility index (Phi) is 3.82. The molecule has 0 rings (SSSR count). The van der Waals surface area contributed by atoms with Gasteiger partial charge in [0, 0.05) is 5.92 Å². The zero-order valence-electron chi connectivity index (χ0n) is 6.54. The largest absolute Gasteiger partial charge is 0.325 e. The summed E-state index contributed by atoms with van der Waals surface area (Å²) in [7, 11) is -3.52. The molecule has 0 unspecified atom stereocenters. The van der Waals surface area contributed by atoms with Gasteiger partial charge in [0.05, 0.1) is 6.26 Å². The van der Waals surface area contributed by atoms with E-state index in [2.05, 4.69) is 9.44 Å². The van der Waals surface area contributed by atoms with Crippen molar-refractivity contribution in [2.45, 2.75) is 13.8 Å². The summed E-state index contributed by atoms with van der Waals surface area (Å²) in [6.45, 7) is 3.55. The minimum absolute atomic E-state index is 0.0292. The van der Waals surface area contributed by atoms with Gasteiger partial charge >= 0.3 is 10.1 Å². The third kappa shape index (κ3) is 6.12. The van der Waals surface area contributed by atoms with E-state index >= 15 is 0 Å². The van der Waals surface area contributed by atoms with E-state index in [1.54, 1.807) is 13.8 Å². The molecular formula is C5H10ClNO3S. The van der Waals surface area contributed by atoms with Crippen LogP contribution in [0, 0.1) is 5.92 Å². The molecular weight excluding hydrogens is 190 g/mol. The molecule has 6 heteroatoms. The minimum atomic E-state index is -3.52. The first-order valence-corrected chi connectivity index (χ1v) is 5.14. The first-order valence-electron chi connectivity index (χ1n) is 2.95. The van der Waals surface area contributed by atoms with Crippen molar-refractivity contribution < 1.29 is 12.7 Å². The highest BCUT2D eigenvalue weighted by molar-refractivity contribution is 7.85. The van der Waals surface area contributed by atoms with Crippen LogP contribution >= 0.6 is 11.6 Å². The highest BCUT2D eigenvalue weighted by atomic mass is 35.5. The van der Waals surface area contributed by atoms with Gasteiger partial charge < -0.3 is 0 Å². The van der Waals surface area contributed by atoms with Crippen LogP contribution in [0.15, 0.2) is 5.16 Å². The highest BCUT2D eigenvalue weighted by Crippen LogP contribution is 2.02. The molecule has 0 spiro atoms. The number of hydrogen-bond acceptors (Lipinski definition) is 4. The van der Waals surface area contributed by atoms with E-state index in [4.69, 9.17) is 11.6 Å². The summed E-state index contributed by atoms with van der Waals surface area (Å²) in [5.41, 5.74) is 0. The minimum Gasteiger partial charge on any atom is -0.268 e. The van der Waals surface area contributed by atoms with Crippen LogP contribution in [0.5, 0.6) is 0 Å². The second kappa shape index (κ2) is 3.92. The Balaban J connectivity index is 4.15. The molecule has 0 aliphatic heterocycles. The van der Waals surface area contributed by atoms with Gasteiger partial charge in [-0.1, -0.05) is 30.6 Å². The molecule has 0 amide bonds. The van der Waals surface area contributed by atoms with E-state index in [1.807, 2.05) is 0 Å². The molecule has 66 valence electrons. The van der Waals surface area contributed by atoms with Crippen LogP contribution in [0.4, 0.5) is 0 Å². The monoisotopic (exact) mass is 199 g/mol. The van der Waals surface area contributed by atoms with Crippen LogP contribution in [-0.4, -0.2) is 19.8 Å². The lowest BCUT2D eigenvalue weighted by Crippen LogP contribution is -2.03. The molecule has 0 bridgehead atoms. The maximum Gasteiger partial charge on any atom is 0.325 e. The van der Waals surface area contributed by atoms with Gasteiger partial charge in [0.25, 0.3) is 0 Å². The third-order valence-corrected chi connectivity index (χ3v) is 1.59. The molecule has 11 heavy (non-hydrogen) atoms. The molecule has 0 fully saturated rings. The quantitative estimate of drug-likeness (QED) is 0.507. The van der Waals surface area contributed by atoms with Crippen molar-refractivity contribution in [3.8, 4) is 0 Å². The van der Waals surface area contributed by atoms with Crippen LogP contribution in [0.1, 0.15) is 13.8 Å². The van der Waals surface area contributed by atoms with Gasteiger partial charge in [0.1, 0.15) is 5.17 Å². The second-order valence-electron chi connectivity index (χ2n) is 2.35. The molecule has 0 saturated heterocycles. The number of rotatable bonds is 3. The van der Waals surface area contributed by atoms with Crippen molar-refractivity contribution in [1.82, 2.24) is 0 Å². The van der Waals surface area contributed by atoms with Crippen molar-refractivity contribution in [3.63, 3.8) is 0 Å². The fourth-order valence-electron chi connectivity index (χ4n) is 0.209. The Labute approximate surface area is 71.3 Å². The molecule has 0 saturated carbocycles. The zero-order valence-corrected chi connectivity index (χ0v) is 8.11. The molecule has 0 aromatic rings. The molecule has 0 aliphatic carbocycles. The fourth-order valence-corrected chi connectivity index (χ4v) is 0.500. The molecule has 0 heterocycles. The van der Waals surface area contributed by atoms with Crippen molar-refractivity contribution >= 4 is 26.9 Å². The van der Waals surface area contributed by atoms with Crippen molar-refractivity contribution in [2.24, 2.45) is 11.1 Å². The Morgan fingerprint density at radius 3 is 2.27 bits per heavy atom. The summed E-state index contributed by atoms with van der Waals surface area (Å²) in [6.07, 6.45) is 0.904. The normalized spacial score (nSPS) is 13.7. The summed E-state index contributed by atoms with van der Waals surface area (Å²) in [6, 6.07) is 0. The van der Waals surface area contributed by atoms with E-state index in [-0.39, 0.29) is 11.1 Å². The lowest BCUT2D eigenvalue weighted by molar-refractivity contribution is 0.342. The smallest absolute Gasteiger partial charge is 0.268 e. The Morgan fingerprint density at radius 2 is 2.00 bits per heavy atom. The molecule has 0 radical (unpaired) electrons. The average molecular weight is 200 g/mol. The lowest BCUT2D eigenvalue weighted by Gasteiger charge is -1.99. The first kappa shape index (κ1) is 10.7. The van der Waals surface area contributed by atoms with Crippen LogP contribution in [0.25, 0.3) is 0 Å². The van der Waals surface area contributed by atoms with E-state index in [0.717, 1.165) is 6.26 Å². The zero-order chi connectivity index (χ0) is 9.07. The predicted molar refractivity (Wildman–Crippen MR) is 44.1 cm³/mol. The molecule has 0 aromatic heterocycles. The van der Waals surface area contributed by atoms with Crippen LogP contribution in [-0.2, 0) is 14.4 Å². The maximum absolute atomic E-state index is 10.4. The van der Waals surface area contributed by atoms with Crippen molar-refractivity contribution in [1.29, 1.82) is 0 Å². The Hall–Kier alpha value is -0.290. The summed E-state index contributed by atoms with van der Waals surface area (Å²) in [5, 5.41) is 3.32. The van der Waals surface area contributed by atoms with Gasteiger partial charge in [-0.25, -0.2) is 0 Å². The van der Waals surface area contributed by atoms with Gasteiger partial charge in [-0.3, -0.25) is 4.28 Å².